The number of amides is 3. The summed E-state index contributed by atoms with van der Waals surface area (Å²) in [6.07, 6.45) is 1.55. The molecule has 0 aromatic heterocycles. The number of anilines is 1. The summed E-state index contributed by atoms with van der Waals surface area (Å²) >= 11 is 2.78. The molecule has 36 heavy (non-hydrogen) atoms. The lowest BCUT2D eigenvalue weighted by atomic mass is 10.1. The van der Waals surface area contributed by atoms with E-state index in [1.165, 1.54) is 7.11 Å². The van der Waals surface area contributed by atoms with Crippen molar-refractivity contribution in [3.05, 3.63) is 55.5 Å². The lowest BCUT2D eigenvalue weighted by molar-refractivity contribution is -0.145. The van der Waals surface area contributed by atoms with Crippen LogP contribution in [0.5, 0.6) is 11.5 Å². The smallest absolute Gasteiger partial charge is 0.344 e. The number of ether oxygens (including phenoxy) is 3. The molecular weight excluding hydrogens is 599 g/mol. The number of carbonyl (C=O) groups is 4. The predicted molar refractivity (Wildman–Crippen MR) is 145 cm³/mol. The molecule has 0 aliphatic carbocycles. The van der Waals surface area contributed by atoms with Crippen molar-refractivity contribution in [3.8, 4) is 11.5 Å². The molecule has 1 aliphatic heterocycles. The van der Waals surface area contributed by atoms with E-state index in [1.807, 2.05) is 48.6 Å². The highest BCUT2D eigenvalue weighted by molar-refractivity contribution is 14.1. The van der Waals surface area contributed by atoms with Gasteiger partial charge in [-0.05, 0) is 96.1 Å². The molecule has 9 nitrogen and oxygen atoms in total. The molecule has 2 aromatic rings. The molecule has 3 rings (SSSR count). The van der Waals surface area contributed by atoms with Gasteiger partial charge in [0.1, 0.15) is 6.54 Å². The fourth-order valence-electron chi connectivity index (χ4n) is 3.30. The second kappa shape index (κ2) is 12.3. The number of halogens is 1. The zero-order valence-corrected chi connectivity index (χ0v) is 23.2. The average molecular weight is 624 g/mol. The van der Waals surface area contributed by atoms with Gasteiger partial charge in [0, 0.05) is 5.69 Å². The molecule has 190 valence electrons. The van der Waals surface area contributed by atoms with Crippen LogP contribution in [0.25, 0.3) is 6.08 Å². The van der Waals surface area contributed by atoms with Crippen LogP contribution in [-0.2, 0) is 19.1 Å². The number of nitrogens with one attached hydrogen (secondary N) is 1. The molecule has 0 atom stereocenters. The lowest BCUT2D eigenvalue weighted by Crippen LogP contribution is -2.36. The van der Waals surface area contributed by atoms with Gasteiger partial charge >= 0.3 is 5.97 Å². The summed E-state index contributed by atoms with van der Waals surface area (Å²) in [5.74, 6) is -0.817. The van der Waals surface area contributed by atoms with Crippen molar-refractivity contribution in [1.82, 2.24) is 4.90 Å². The normalized spacial score (nSPS) is 14.2. The standard InChI is InChI=1S/C25H25IN2O7S/c1-5-34-22(30)13-35-23-17(26)9-16(10-19(23)33-4)11-20-24(31)28(25(32)36-20)12-21(29)27-18-8-6-7-14(2)15(18)3/h6-11H,5,12-13H2,1-4H3,(H,27,29)/b20-11+. The number of benzene rings is 2. The maximum atomic E-state index is 12.9. The van der Waals surface area contributed by atoms with Crippen molar-refractivity contribution in [2.24, 2.45) is 0 Å². The quantitative estimate of drug-likeness (QED) is 0.246. The molecular formula is C25H25IN2O7S. The Hall–Kier alpha value is -3.06. The van der Waals surface area contributed by atoms with E-state index in [0.29, 0.717) is 26.3 Å². The van der Waals surface area contributed by atoms with Gasteiger partial charge in [0.05, 0.1) is 22.2 Å². The van der Waals surface area contributed by atoms with Crippen molar-refractivity contribution in [1.29, 1.82) is 0 Å². The first-order valence-corrected chi connectivity index (χ1v) is 12.8. The molecule has 0 spiro atoms. The molecule has 0 radical (unpaired) electrons. The monoisotopic (exact) mass is 624 g/mol. The van der Waals surface area contributed by atoms with Gasteiger partial charge in [-0.15, -0.1) is 0 Å². The molecule has 0 unspecified atom stereocenters. The van der Waals surface area contributed by atoms with Crippen molar-refractivity contribution < 1.29 is 33.4 Å². The van der Waals surface area contributed by atoms with Crippen molar-refractivity contribution >= 4 is 69.1 Å². The third-order valence-electron chi connectivity index (χ3n) is 5.24. The van der Waals surface area contributed by atoms with Crippen LogP contribution in [0.4, 0.5) is 10.5 Å². The molecule has 2 aromatic carbocycles. The molecule has 3 amide bonds. The second-order valence-electron chi connectivity index (χ2n) is 7.69. The largest absolute Gasteiger partial charge is 0.493 e. The molecule has 1 aliphatic rings. The van der Waals surface area contributed by atoms with Crippen LogP contribution in [0.15, 0.2) is 35.2 Å². The topological polar surface area (TPSA) is 111 Å². The molecule has 1 fully saturated rings. The number of nitrogens with zero attached hydrogens (tertiary/aromatic N) is 1. The van der Waals surface area contributed by atoms with Crippen LogP contribution in [0.1, 0.15) is 23.6 Å². The van der Waals surface area contributed by atoms with E-state index >= 15 is 0 Å². The SMILES string of the molecule is CCOC(=O)COc1c(I)cc(/C=C2/SC(=O)N(CC(=O)Nc3cccc(C)c3C)C2=O)cc1OC. The molecule has 1 saturated heterocycles. The predicted octanol–water partition coefficient (Wildman–Crippen LogP) is 4.53. The third kappa shape index (κ3) is 6.58. The van der Waals surface area contributed by atoms with E-state index in [1.54, 1.807) is 31.2 Å². The van der Waals surface area contributed by atoms with Gasteiger partial charge < -0.3 is 19.5 Å². The first kappa shape index (κ1) is 27.5. The van der Waals surface area contributed by atoms with E-state index < -0.39 is 29.6 Å². The number of esters is 1. The zero-order chi connectivity index (χ0) is 26.4. The van der Waals surface area contributed by atoms with Crippen molar-refractivity contribution in [3.63, 3.8) is 0 Å². The molecule has 0 bridgehead atoms. The fraction of sp³-hybridized carbons (Fsp3) is 0.280. The third-order valence-corrected chi connectivity index (χ3v) is 6.95. The maximum absolute atomic E-state index is 12.9. The Morgan fingerprint density at radius 3 is 2.64 bits per heavy atom. The summed E-state index contributed by atoms with van der Waals surface area (Å²) < 4.78 is 16.4. The van der Waals surface area contributed by atoms with Gasteiger partial charge in [0.2, 0.25) is 5.91 Å². The molecule has 11 heteroatoms. The zero-order valence-electron chi connectivity index (χ0n) is 20.2. The Bertz CT molecular complexity index is 1250. The summed E-state index contributed by atoms with van der Waals surface area (Å²) in [6.45, 7) is 5.10. The number of rotatable bonds is 9. The van der Waals surface area contributed by atoms with Gasteiger partial charge in [-0.3, -0.25) is 19.3 Å². The highest BCUT2D eigenvalue weighted by atomic mass is 127. The first-order chi connectivity index (χ1) is 17.1. The van der Waals surface area contributed by atoms with Gasteiger partial charge in [-0.1, -0.05) is 12.1 Å². The summed E-state index contributed by atoms with van der Waals surface area (Å²) in [4.78, 5) is 50.7. The highest BCUT2D eigenvalue weighted by Crippen LogP contribution is 2.37. The van der Waals surface area contributed by atoms with E-state index in [9.17, 15) is 19.2 Å². The Balaban J connectivity index is 1.74. The number of imide groups is 1. The number of aryl methyl sites for hydroxylation is 1. The average Bonchev–Trinajstić information content (AvgIpc) is 3.08. The fourth-order valence-corrected chi connectivity index (χ4v) is 4.92. The lowest BCUT2D eigenvalue weighted by Gasteiger charge is -2.14. The summed E-state index contributed by atoms with van der Waals surface area (Å²) in [7, 11) is 1.45. The van der Waals surface area contributed by atoms with Crippen LogP contribution in [0, 0.1) is 17.4 Å². The first-order valence-electron chi connectivity index (χ1n) is 10.9. The summed E-state index contributed by atoms with van der Waals surface area (Å²) in [5, 5.41) is 2.23. The Morgan fingerprint density at radius 2 is 1.94 bits per heavy atom. The number of thioether (sulfide) groups is 1. The minimum atomic E-state index is -0.558. The highest BCUT2D eigenvalue weighted by Gasteiger charge is 2.36. The van der Waals surface area contributed by atoms with Gasteiger partial charge in [0.25, 0.3) is 11.1 Å². The van der Waals surface area contributed by atoms with Gasteiger partial charge in [-0.25, -0.2) is 4.79 Å². The minimum absolute atomic E-state index is 0.178. The van der Waals surface area contributed by atoms with Crippen molar-refractivity contribution in [2.45, 2.75) is 20.8 Å². The van der Waals surface area contributed by atoms with E-state index in [0.717, 1.165) is 27.8 Å². The number of carbonyl (C=O) groups excluding carboxylic acids is 4. The van der Waals surface area contributed by atoms with Crippen molar-refractivity contribution in [2.75, 3.05) is 32.2 Å². The Morgan fingerprint density at radius 1 is 1.19 bits per heavy atom. The summed E-state index contributed by atoms with van der Waals surface area (Å²) in [5.41, 5.74) is 3.15. The molecule has 1 N–H and O–H groups in total. The number of methoxy groups -OCH3 is 1. The number of hydrogen-bond donors (Lipinski definition) is 1. The van der Waals surface area contributed by atoms with Crippen LogP contribution in [0.2, 0.25) is 0 Å². The van der Waals surface area contributed by atoms with Crippen LogP contribution in [-0.4, -0.2) is 54.8 Å². The summed E-state index contributed by atoms with van der Waals surface area (Å²) in [6, 6.07) is 8.88. The van der Waals surface area contributed by atoms with E-state index in [4.69, 9.17) is 14.2 Å². The van der Waals surface area contributed by atoms with Crippen LogP contribution >= 0.6 is 34.4 Å². The van der Waals surface area contributed by atoms with E-state index in [-0.39, 0.29) is 18.1 Å². The van der Waals surface area contributed by atoms with E-state index in [2.05, 4.69) is 5.32 Å². The van der Waals surface area contributed by atoms with Gasteiger partial charge in [-0.2, -0.15) is 0 Å². The van der Waals surface area contributed by atoms with Gasteiger partial charge in [0.15, 0.2) is 18.1 Å². The van der Waals surface area contributed by atoms with Crippen LogP contribution in [0.3, 0.4) is 0 Å². The number of hydrogen-bond acceptors (Lipinski definition) is 8. The molecule has 0 saturated carbocycles. The second-order valence-corrected chi connectivity index (χ2v) is 9.85. The maximum Gasteiger partial charge on any atom is 0.344 e. The Kier molecular flexibility index (Phi) is 9.37. The van der Waals surface area contributed by atoms with Crippen LogP contribution < -0.4 is 14.8 Å². The molecule has 1 heterocycles. The minimum Gasteiger partial charge on any atom is -0.493 e. The Labute approximate surface area is 226 Å².